The predicted molar refractivity (Wildman–Crippen MR) is 66.8 cm³/mol. The van der Waals surface area contributed by atoms with Crippen LogP contribution in [0.25, 0.3) is 10.9 Å². The maximum absolute atomic E-state index is 11.5. The zero-order chi connectivity index (χ0) is 12.5. The van der Waals surface area contributed by atoms with E-state index in [2.05, 4.69) is 4.98 Å². The molecule has 1 aromatic carbocycles. The molecule has 1 aliphatic rings. The molecule has 1 aromatic heterocycles. The van der Waals surface area contributed by atoms with Crippen LogP contribution < -0.4 is 0 Å². The Hall–Kier alpha value is -2.23. The van der Waals surface area contributed by atoms with Crippen molar-refractivity contribution >= 4 is 22.6 Å². The summed E-state index contributed by atoms with van der Waals surface area (Å²) >= 11 is 0. The minimum Gasteiger partial charge on any atom is -0.331 e. The Kier molecular flexibility index (Phi) is 2.55. The Balaban J connectivity index is 1.87. The standard InChI is InChI=1S/C14H12N2O2/c17-12-7-14(18)16(9-12)8-10-3-4-13-11(6-10)2-1-5-15-13/h1-6H,7-9H2. The fourth-order valence-corrected chi connectivity index (χ4v) is 2.23. The fraction of sp³-hybridized carbons (Fsp3) is 0.214. The number of nitrogens with zero attached hydrogens (tertiary/aromatic N) is 2. The number of aromatic nitrogens is 1. The first-order valence-electron chi connectivity index (χ1n) is 5.85. The van der Waals surface area contributed by atoms with E-state index in [1.807, 2.05) is 30.3 Å². The van der Waals surface area contributed by atoms with Gasteiger partial charge in [-0.1, -0.05) is 12.1 Å². The molecule has 18 heavy (non-hydrogen) atoms. The third-order valence-corrected chi connectivity index (χ3v) is 3.11. The largest absolute Gasteiger partial charge is 0.331 e. The molecule has 0 unspecified atom stereocenters. The van der Waals surface area contributed by atoms with Crippen LogP contribution in [0.3, 0.4) is 0 Å². The zero-order valence-electron chi connectivity index (χ0n) is 9.80. The fourth-order valence-electron chi connectivity index (χ4n) is 2.23. The van der Waals surface area contributed by atoms with E-state index >= 15 is 0 Å². The Morgan fingerprint density at radius 2 is 2.11 bits per heavy atom. The van der Waals surface area contributed by atoms with E-state index in [-0.39, 0.29) is 24.7 Å². The molecule has 0 saturated carbocycles. The molecule has 3 rings (SSSR count). The van der Waals surface area contributed by atoms with Gasteiger partial charge in [-0.25, -0.2) is 0 Å². The van der Waals surface area contributed by atoms with E-state index in [9.17, 15) is 9.59 Å². The van der Waals surface area contributed by atoms with Crippen LogP contribution in [0.15, 0.2) is 36.5 Å². The number of amides is 1. The number of hydrogen-bond donors (Lipinski definition) is 0. The molecule has 1 aliphatic heterocycles. The quantitative estimate of drug-likeness (QED) is 0.748. The van der Waals surface area contributed by atoms with E-state index in [1.165, 1.54) is 0 Å². The van der Waals surface area contributed by atoms with Crippen LogP contribution in [-0.2, 0) is 16.1 Å². The van der Waals surface area contributed by atoms with Crippen molar-refractivity contribution < 1.29 is 9.59 Å². The zero-order valence-corrected chi connectivity index (χ0v) is 9.80. The van der Waals surface area contributed by atoms with Crippen LogP contribution >= 0.6 is 0 Å². The van der Waals surface area contributed by atoms with Crippen molar-refractivity contribution in [3.05, 3.63) is 42.1 Å². The van der Waals surface area contributed by atoms with E-state index in [4.69, 9.17) is 0 Å². The lowest BCUT2D eigenvalue weighted by Crippen LogP contribution is -2.24. The molecular weight excluding hydrogens is 228 g/mol. The Morgan fingerprint density at radius 3 is 2.89 bits per heavy atom. The molecule has 0 N–H and O–H groups in total. The lowest BCUT2D eigenvalue weighted by Gasteiger charge is -2.14. The Bertz CT molecular complexity index is 636. The molecule has 1 amide bonds. The second kappa shape index (κ2) is 4.22. The van der Waals surface area contributed by atoms with Crippen LogP contribution in [0.2, 0.25) is 0 Å². The third-order valence-electron chi connectivity index (χ3n) is 3.11. The van der Waals surface area contributed by atoms with Gasteiger partial charge in [0.25, 0.3) is 0 Å². The van der Waals surface area contributed by atoms with Gasteiger partial charge >= 0.3 is 0 Å². The highest BCUT2D eigenvalue weighted by Gasteiger charge is 2.27. The number of rotatable bonds is 2. The second-order valence-electron chi connectivity index (χ2n) is 4.50. The van der Waals surface area contributed by atoms with Gasteiger partial charge in [0, 0.05) is 18.1 Å². The van der Waals surface area contributed by atoms with Crippen LogP contribution in [0.5, 0.6) is 0 Å². The third kappa shape index (κ3) is 1.97. The van der Waals surface area contributed by atoms with Crippen molar-refractivity contribution in [1.29, 1.82) is 0 Å². The second-order valence-corrected chi connectivity index (χ2v) is 4.50. The Morgan fingerprint density at radius 1 is 1.22 bits per heavy atom. The summed E-state index contributed by atoms with van der Waals surface area (Å²) in [5, 5.41) is 1.05. The van der Waals surface area contributed by atoms with Gasteiger partial charge in [0.15, 0.2) is 5.78 Å². The summed E-state index contributed by atoms with van der Waals surface area (Å²) < 4.78 is 0. The molecule has 2 heterocycles. The highest BCUT2D eigenvalue weighted by Crippen LogP contribution is 2.17. The Labute approximate surface area is 104 Å². The lowest BCUT2D eigenvalue weighted by molar-refractivity contribution is -0.128. The summed E-state index contributed by atoms with van der Waals surface area (Å²) in [7, 11) is 0. The van der Waals surface area contributed by atoms with E-state index in [1.54, 1.807) is 11.1 Å². The first-order valence-corrected chi connectivity index (χ1v) is 5.85. The minimum absolute atomic E-state index is 0.00227. The molecule has 90 valence electrons. The summed E-state index contributed by atoms with van der Waals surface area (Å²) in [6.07, 6.45) is 1.81. The van der Waals surface area contributed by atoms with Crippen molar-refractivity contribution in [3.8, 4) is 0 Å². The maximum atomic E-state index is 11.5. The summed E-state index contributed by atoms with van der Waals surface area (Å²) in [4.78, 5) is 28.6. The maximum Gasteiger partial charge on any atom is 0.230 e. The molecule has 0 spiro atoms. The number of benzene rings is 1. The van der Waals surface area contributed by atoms with Crippen LogP contribution in [0.1, 0.15) is 12.0 Å². The van der Waals surface area contributed by atoms with Crippen LogP contribution in [-0.4, -0.2) is 28.1 Å². The van der Waals surface area contributed by atoms with Gasteiger partial charge in [-0.05, 0) is 23.8 Å². The van der Waals surface area contributed by atoms with Gasteiger partial charge < -0.3 is 4.90 Å². The molecule has 1 saturated heterocycles. The predicted octanol–water partition coefficient (Wildman–Crippen LogP) is 1.54. The molecule has 4 heteroatoms. The molecule has 0 bridgehead atoms. The van der Waals surface area contributed by atoms with Gasteiger partial charge in [0.05, 0.1) is 18.5 Å². The van der Waals surface area contributed by atoms with E-state index < -0.39 is 0 Å². The number of hydrogen-bond acceptors (Lipinski definition) is 3. The van der Waals surface area contributed by atoms with Crippen LogP contribution in [0.4, 0.5) is 0 Å². The highest BCUT2D eigenvalue weighted by atomic mass is 16.2. The van der Waals surface area contributed by atoms with Crippen molar-refractivity contribution in [2.45, 2.75) is 13.0 Å². The lowest BCUT2D eigenvalue weighted by atomic mass is 10.1. The molecule has 0 radical (unpaired) electrons. The molecule has 0 atom stereocenters. The van der Waals surface area contributed by atoms with Crippen molar-refractivity contribution in [1.82, 2.24) is 9.88 Å². The number of fused-ring (bicyclic) bond motifs is 1. The van der Waals surface area contributed by atoms with Crippen molar-refractivity contribution in [2.24, 2.45) is 0 Å². The van der Waals surface area contributed by atoms with Gasteiger partial charge in [-0.3, -0.25) is 14.6 Å². The first kappa shape index (κ1) is 10.9. The number of ketones is 1. The molecule has 2 aromatic rings. The molecule has 4 nitrogen and oxygen atoms in total. The summed E-state index contributed by atoms with van der Waals surface area (Å²) in [6.45, 7) is 0.735. The molecule has 0 aliphatic carbocycles. The van der Waals surface area contributed by atoms with Crippen LogP contribution in [0, 0.1) is 0 Å². The number of carbonyl (C=O) groups is 2. The number of Topliss-reactive ketones (excluding diaryl/α,β-unsaturated/α-hetero) is 1. The highest BCUT2D eigenvalue weighted by molar-refractivity contribution is 6.05. The number of likely N-dealkylation sites (tertiary alicyclic amines) is 1. The van der Waals surface area contributed by atoms with E-state index in [0.29, 0.717) is 6.54 Å². The molecule has 1 fully saturated rings. The van der Waals surface area contributed by atoms with E-state index in [0.717, 1.165) is 16.5 Å². The summed E-state index contributed by atoms with van der Waals surface area (Å²) in [6, 6.07) is 9.77. The SMILES string of the molecule is O=C1CC(=O)N(Cc2ccc3ncccc3c2)C1. The minimum atomic E-state index is -0.0775. The average Bonchev–Trinajstić information content (AvgIpc) is 2.68. The summed E-state index contributed by atoms with van der Waals surface area (Å²) in [5.41, 5.74) is 1.96. The van der Waals surface area contributed by atoms with Gasteiger partial charge in [0.2, 0.25) is 5.91 Å². The number of carbonyl (C=O) groups excluding carboxylic acids is 2. The van der Waals surface area contributed by atoms with Crippen molar-refractivity contribution in [2.75, 3.05) is 6.54 Å². The first-order chi connectivity index (χ1) is 8.72. The normalized spacial score (nSPS) is 15.7. The van der Waals surface area contributed by atoms with Gasteiger partial charge in [-0.15, -0.1) is 0 Å². The van der Waals surface area contributed by atoms with Gasteiger partial charge in [-0.2, -0.15) is 0 Å². The monoisotopic (exact) mass is 240 g/mol. The summed E-state index contributed by atoms with van der Waals surface area (Å²) in [5.74, 6) is -0.0752. The average molecular weight is 240 g/mol. The van der Waals surface area contributed by atoms with Crippen molar-refractivity contribution in [3.63, 3.8) is 0 Å². The molecular formula is C14H12N2O2. The van der Waals surface area contributed by atoms with Gasteiger partial charge in [0.1, 0.15) is 0 Å². The topological polar surface area (TPSA) is 50.3 Å². The smallest absolute Gasteiger partial charge is 0.230 e. The number of pyridine rings is 1.